The summed E-state index contributed by atoms with van der Waals surface area (Å²) in [4.78, 5) is 47.2. The number of alkyl halides is 2. The van der Waals surface area contributed by atoms with Crippen molar-refractivity contribution in [3.8, 4) is 0 Å². The van der Waals surface area contributed by atoms with Gasteiger partial charge >= 0.3 is 6.03 Å². The number of ether oxygens (including phenoxy) is 1. The second-order valence-electron chi connectivity index (χ2n) is 14.5. The molecule has 6 atom stereocenters. The van der Waals surface area contributed by atoms with Crippen molar-refractivity contribution < 1.29 is 27.9 Å². The van der Waals surface area contributed by atoms with E-state index in [9.17, 15) is 23.2 Å². The summed E-state index contributed by atoms with van der Waals surface area (Å²) < 4.78 is 33.2. The molecule has 1 aromatic carbocycles. The number of halogens is 2. The molecule has 8 nitrogen and oxygen atoms in total. The Kier molecular flexibility index (Phi) is 9.27. The summed E-state index contributed by atoms with van der Waals surface area (Å²) in [6.45, 7) is 8.71. The molecule has 0 bridgehead atoms. The Hall–Kier alpha value is -2.59. The molecule has 10 heteroatoms. The molecule has 5 aliphatic rings. The average molecular weight is 629 g/mol. The highest BCUT2D eigenvalue weighted by Gasteiger charge is 2.68. The van der Waals surface area contributed by atoms with Gasteiger partial charge in [0, 0.05) is 62.5 Å². The van der Waals surface area contributed by atoms with Crippen molar-refractivity contribution in [2.24, 2.45) is 17.8 Å². The Balaban J connectivity index is 1.16. The monoisotopic (exact) mass is 628 g/mol. The van der Waals surface area contributed by atoms with Crippen LogP contribution >= 0.6 is 0 Å². The van der Waals surface area contributed by atoms with Crippen LogP contribution in [0.4, 0.5) is 13.6 Å². The van der Waals surface area contributed by atoms with E-state index >= 15 is 0 Å². The molecule has 1 N–H and O–H groups in total. The summed E-state index contributed by atoms with van der Waals surface area (Å²) in [5, 5.41) is 3.22. The highest BCUT2D eigenvalue weighted by Crippen LogP contribution is 2.55. The van der Waals surface area contributed by atoms with Gasteiger partial charge in [-0.3, -0.25) is 19.4 Å². The van der Waals surface area contributed by atoms with Crippen LogP contribution in [0.5, 0.6) is 0 Å². The SMILES string of the molecule is CCC1C2CC3(CC2N1CC[C@H](NC(=O)C1CCC(F)(F)CC1)c1ccccc1)C(=O)N(CC1CCCOC1)C(=O)N3C(C)C. The summed E-state index contributed by atoms with van der Waals surface area (Å²) in [6, 6.07) is 9.90. The van der Waals surface area contributed by atoms with E-state index in [1.165, 1.54) is 4.90 Å². The summed E-state index contributed by atoms with van der Waals surface area (Å²) >= 11 is 0. The largest absolute Gasteiger partial charge is 0.381 e. The Morgan fingerprint density at radius 3 is 2.47 bits per heavy atom. The first kappa shape index (κ1) is 32.4. The second kappa shape index (κ2) is 12.9. The molecule has 4 amide bonds. The average Bonchev–Trinajstić information content (AvgIpc) is 3.45. The molecule has 5 fully saturated rings. The van der Waals surface area contributed by atoms with Crippen LogP contribution in [0.15, 0.2) is 30.3 Å². The quantitative estimate of drug-likeness (QED) is 0.333. The van der Waals surface area contributed by atoms with Crippen molar-refractivity contribution in [3.05, 3.63) is 35.9 Å². The van der Waals surface area contributed by atoms with E-state index < -0.39 is 17.4 Å². The van der Waals surface area contributed by atoms with Gasteiger partial charge in [-0.15, -0.1) is 0 Å². The molecule has 1 spiro atoms. The van der Waals surface area contributed by atoms with Crippen LogP contribution in [0.25, 0.3) is 0 Å². The lowest BCUT2D eigenvalue weighted by Gasteiger charge is -2.53. The molecule has 3 aliphatic heterocycles. The van der Waals surface area contributed by atoms with E-state index in [-0.39, 0.29) is 67.6 Å². The zero-order valence-electron chi connectivity index (χ0n) is 27.1. The summed E-state index contributed by atoms with van der Waals surface area (Å²) in [7, 11) is 0. The molecule has 45 heavy (non-hydrogen) atoms. The Bertz CT molecular complexity index is 1230. The Labute approximate surface area is 266 Å². The predicted molar refractivity (Wildman–Crippen MR) is 167 cm³/mol. The smallest absolute Gasteiger partial charge is 0.327 e. The number of imide groups is 1. The summed E-state index contributed by atoms with van der Waals surface area (Å²) in [5.74, 6) is -2.72. The number of likely N-dealkylation sites (tertiary alicyclic amines) is 1. The first-order valence-electron chi connectivity index (χ1n) is 17.3. The number of benzene rings is 1. The molecule has 5 unspecified atom stereocenters. The predicted octanol–water partition coefficient (Wildman–Crippen LogP) is 5.77. The van der Waals surface area contributed by atoms with Crippen LogP contribution in [-0.4, -0.2) is 88.4 Å². The molecule has 0 radical (unpaired) electrons. The number of carbonyl (C=O) groups is 3. The summed E-state index contributed by atoms with van der Waals surface area (Å²) in [6.07, 6.45) is 4.82. The maximum Gasteiger partial charge on any atom is 0.327 e. The third kappa shape index (κ3) is 6.13. The molecular formula is C35H50F2N4O4. The van der Waals surface area contributed by atoms with Crippen LogP contribution in [0, 0.1) is 17.8 Å². The zero-order chi connectivity index (χ0) is 31.9. The van der Waals surface area contributed by atoms with Crippen LogP contribution in [0.2, 0.25) is 0 Å². The normalized spacial score (nSPS) is 32.7. The van der Waals surface area contributed by atoms with Gasteiger partial charge in [-0.05, 0) is 76.7 Å². The van der Waals surface area contributed by atoms with Gasteiger partial charge < -0.3 is 15.0 Å². The maximum absolute atomic E-state index is 14.2. The van der Waals surface area contributed by atoms with E-state index in [4.69, 9.17) is 4.74 Å². The third-order valence-corrected chi connectivity index (χ3v) is 11.4. The van der Waals surface area contributed by atoms with E-state index in [1.807, 2.05) is 49.1 Å². The number of fused-ring (bicyclic) bond motifs is 1. The van der Waals surface area contributed by atoms with Gasteiger partial charge in [-0.1, -0.05) is 37.3 Å². The molecule has 3 heterocycles. The molecule has 2 saturated carbocycles. The van der Waals surface area contributed by atoms with Crippen molar-refractivity contribution in [2.45, 2.75) is 121 Å². The number of nitrogens with one attached hydrogen (secondary N) is 1. The zero-order valence-corrected chi connectivity index (χ0v) is 27.1. The van der Waals surface area contributed by atoms with Crippen LogP contribution in [0.3, 0.4) is 0 Å². The lowest BCUT2D eigenvalue weighted by molar-refractivity contribution is -0.134. The lowest BCUT2D eigenvalue weighted by atomic mass is 9.80. The van der Waals surface area contributed by atoms with E-state index in [0.717, 1.165) is 38.0 Å². The molecular weight excluding hydrogens is 578 g/mol. The number of hydrogen-bond acceptors (Lipinski definition) is 5. The molecule has 6 rings (SSSR count). The van der Waals surface area contributed by atoms with Gasteiger partial charge in [0.25, 0.3) is 5.91 Å². The fourth-order valence-electron chi connectivity index (χ4n) is 9.21. The first-order chi connectivity index (χ1) is 21.5. The number of hydrogen-bond donors (Lipinski definition) is 1. The fraction of sp³-hybridized carbons (Fsp3) is 0.743. The molecule has 3 saturated heterocycles. The minimum Gasteiger partial charge on any atom is -0.381 e. The van der Waals surface area contributed by atoms with Gasteiger partial charge in [0.1, 0.15) is 5.54 Å². The maximum atomic E-state index is 14.2. The molecule has 1 aromatic rings. The van der Waals surface area contributed by atoms with Gasteiger partial charge in [0.2, 0.25) is 11.8 Å². The standard InChI is InChI=1S/C35H50F2N4O4/c1-4-29-27-19-34(32(43)40(33(44)41(34)23(2)3)21-24-9-8-18-45-22-24)20-30(27)39(29)17-14-28(25-10-6-5-7-11-25)38-31(42)26-12-15-35(36,37)16-13-26/h5-7,10-11,23-24,26-30H,4,8-9,12-22H2,1-3H3,(H,38,42)/t24?,27?,28-,29?,30?,34?/m0/s1. The van der Waals surface area contributed by atoms with Crippen LogP contribution < -0.4 is 5.32 Å². The highest BCUT2D eigenvalue weighted by atomic mass is 19.3. The van der Waals surface area contributed by atoms with Crippen molar-refractivity contribution in [1.82, 2.24) is 20.0 Å². The van der Waals surface area contributed by atoms with E-state index in [2.05, 4.69) is 17.1 Å². The topological polar surface area (TPSA) is 82.2 Å². The minimum atomic E-state index is -2.67. The number of amides is 4. The van der Waals surface area contributed by atoms with E-state index in [1.54, 1.807) is 0 Å². The number of nitrogens with zero attached hydrogens (tertiary/aromatic N) is 3. The van der Waals surface area contributed by atoms with Crippen molar-refractivity contribution in [1.29, 1.82) is 0 Å². The Morgan fingerprint density at radius 2 is 1.82 bits per heavy atom. The van der Waals surface area contributed by atoms with Crippen molar-refractivity contribution in [2.75, 3.05) is 26.3 Å². The second-order valence-corrected chi connectivity index (χ2v) is 14.5. The highest BCUT2D eigenvalue weighted by molar-refractivity contribution is 6.07. The minimum absolute atomic E-state index is 0.0385. The van der Waals surface area contributed by atoms with Gasteiger partial charge in [0.05, 0.1) is 12.6 Å². The van der Waals surface area contributed by atoms with Gasteiger partial charge in [0.15, 0.2) is 0 Å². The fourth-order valence-corrected chi connectivity index (χ4v) is 9.21. The summed E-state index contributed by atoms with van der Waals surface area (Å²) in [5.41, 5.74) is 0.193. The number of rotatable bonds is 10. The number of carbonyl (C=O) groups excluding carboxylic acids is 3. The van der Waals surface area contributed by atoms with Crippen molar-refractivity contribution >= 4 is 17.8 Å². The van der Waals surface area contributed by atoms with E-state index in [0.29, 0.717) is 44.4 Å². The van der Waals surface area contributed by atoms with Crippen LogP contribution in [0.1, 0.15) is 96.6 Å². The molecule has 248 valence electrons. The molecule has 2 aliphatic carbocycles. The van der Waals surface area contributed by atoms with Gasteiger partial charge in [-0.25, -0.2) is 13.6 Å². The Morgan fingerprint density at radius 1 is 1.09 bits per heavy atom. The molecule has 0 aromatic heterocycles. The van der Waals surface area contributed by atoms with Crippen molar-refractivity contribution in [3.63, 3.8) is 0 Å². The lowest BCUT2D eigenvalue weighted by Crippen LogP contribution is -2.61. The first-order valence-corrected chi connectivity index (χ1v) is 17.3. The third-order valence-electron chi connectivity index (χ3n) is 11.4. The van der Waals surface area contributed by atoms with Crippen LogP contribution in [-0.2, 0) is 14.3 Å². The number of urea groups is 1. The van der Waals surface area contributed by atoms with Gasteiger partial charge in [-0.2, -0.15) is 0 Å².